The van der Waals surface area contributed by atoms with Crippen molar-refractivity contribution in [2.24, 2.45) is 0 Å². The Morgan fingerprint density at radius 1 is 1.56 bits per heavy atom. The first kappa shape index (κ1) is 11.9. The Kier molecular flexibility index (Phi) is 4.16. The van der Waals surface area contributed by atoms with Gasteiger partial charge in [-0.15, -0.1) is 0 Å². The normalized spacial score (nSPS) is 9.06. The third kappa shape index (κ3) is 2.89. The van der Waals surface area contributed by atoms with E-state index in [0.717, 1.165) is 5.69 Å². The van der Waals surface area contributed by atoms with E-state index in [1.807, 2.05) is 6.07 Å². The maximum absolute atomic E-state index is 11.2. The third-order valence-electron chi connectivity index (χ3n) is 1.94. The molecule has 1 aromatic carbocycles. The molecule has 0 spiro atoms. The minimum absolute atomic E-state index is 0.294. The van der Waals surface area contributed by atoms with Crippen LogP contribution in [0.4, 0.5) is 16.2 Å². The molecule has 0 saturated carbocycles. The van der Waals surface area contributed by atoms with Gasteiger partial charge in [0.05, 0.1) is 17.9 Å². The van der Waals surface area contributed by atoms with Crippen LogP contribution in [0, 0.1) is 11.3 Å². The number of hydrogen-bond donors (Lipinski definition) is 2. The number of anilines is 2. The minimum Gasteiger partial charge on any atom is -0.450 e. The van der Waals surface area contributed by atoms with Crippen LogP contribution in [0.3, 0.4) is 0 Å². The molecule has 1 rings (SSSR count). The summed E-state index contributed by atoms with van der Waals surface area (Å²) in [5, 5.41) is 14.3. The lowest BCUT2D eigenvalue weighted by Crippen LogP contribution is -2.14. The second-order valence-electron chi connectivity index (χ2n) is 2.97. The zero-order valence-electron chi connectivity index (χ0n) is 9.20. The third-order valence-corrected chi connectivity index (χ3v) is 1.94. The number of carbonyl (C=O) groups is 1. The van der Waals surface area contributed by atoms with Gasteiger partial charge in [0.2, 0.25) is 0 Å². The maximum atomic E-state index is 11.2. The molecule has 1 amide bonds. The lowest BCUT2D eigenvalue weighted by molar-refractivity contribution is 0.168. The van der Waals surface area contributed by atoms with Gasteiger partial charge in [0.1, 0.15) is 6.07 Å². The Bertz CT molecular complexity index is 424. The van der Waals surface area contributed by atoms with E-state index in [9.17, 15) is 4.79 Å². The number of nitriles is 1. The van der Waals surface area contributed by atoms with Gasteiger partial charge in [0.25, 0.3) is 0 Å². The average Bonchev–Trinajstić information content (AvgIpc) is 2.30. The van der Waals surface area contributed by atoms with Crippen LogP contribution >= 0.6 is 0 Å². The van der Waals surface area contributed by atoms with Crippen LogP contribution in [-0.2, 0) is 4.74 Å². The summed E-state index contributed by atoms with van der Waals surface area (Å²) in [5.74, 6) is 0. The monoisotopic (exact) mass is 219 g/mol. The lowest BCUT2D eigenvalue weighted by atomic mass is 10.1. The molecular formula is C11H13N3O2. The zero-order valence-corrected chi connectivity index (χ0v) is 9.20. The van der Waals surface area contributed by atoms with Crippen molar-refractivity contribution in [3.05, 3.63) is 23.8 Å². The quantitative estimate of drug-likeness (QED) is 0.817. The molecule has 0 fully saturated rings. The van der Waals surface area contributed by atoms with E-state index in [-0.39, 0.29) is 0 Å². The van der Waals surface area contributed by atoms with Crippen molar-refractivity contribution in [3.8, 4) is 6.07 Å². The first-order chi connectivity index (χ1) is 7.71. The fourth-order valence-electron chi connectivity index (χ4n) is 1.18. The van der Waals surface area contributed by atoms with Crippen LogP contribution in [0.25, 0.3) is 0 Å². The number of rotatable bonds is 3. The van der Waals surface area contributed by atoms with E-state index < -0.39 is 6.09 Å². The topological polar surface area (TPSA) is 74.2 Å². The second-order valence-corrected chi connectivity index (χ2v) is 2.97. The number of carbonyl (C=O) groups excluding carboxylic acids is 1. The van der Waals surface area contributed by atoms with E-state index in [2.05, 4.69) is 10.6 Å². The largest absolute Gasteiger partial charge is 0.450 e. The van der Waals surface area contributed by atoms with Crippen molar-refractivity contribution in [1.82, 2.24) is 0 Å². The van der Waals surface area contributed by atoms with Gasteiger partial charge in [-0.1, -0.05) is 0 Å². The molecule has 2 N–H and O–H groups in total. The van der Waals surface area contributed by atoms with Crippen molar-refractivity contribution in [2.75, 3.05) is 24.3 Å². The first-order valence-electron chi connectivity index (χ1n) is 4.87. The molecule has 0 aliphatic carbocycles. The van der Waals surface area contributed by atoms with Gasteiger partial charge in [0.15, 0.2) is 0 Å². The average molecular weight is 219 g/mol. The minimum atomic E-state index is -0.559. The van der Waals surface area contributed by atoms with Gasteiger partial charge in [-0.05, 0) is 25.1 Å². The van der Waals surface area contributed by atoms with Crippen LogP contribution in [0.1, 0.15) is 12.5 Å². The Morgan fingerprint density at radius 3 is 2.88 bits per heavy atom. The fourth-order valence-corrected chi connectivity index (χ4v) is 1.18. The van der Waals surface area contributed by atoms with Gasteiger partial charge in [0, 0.05) is 12.7 Å². The highest BCUT2D eigenvalue weighted by atomic mass is 16.5. The van der Waals surface area contributed by atoms with Crippen LogP contribution in [-0.4, -0.2) is 19.7 Å². The predicted octanol–water partition coefficient (Wildman–Crippen LogP) is 2.17. The van der Waals surface area contributed by atoms with Gasteiger partial charge < -0.3 is 10.1 Å². The number of hydrogen-bond acceptors (Lipinski definition) is 4. The molecule has 0 heterocycles. The Hall–Kier alpha value is -2.22. The standard InChI is InChI=1S/C11H13N3O2/c1-3-16-11(15)14-10-5-4-9(13-2)6-8(10)7-12/h4-6,13H,3H2,1-2H3,(H,14,15). The van der Waals surface area contributed by atoms with E-state index in [1.165, 1.54) is 0 Å². The summed E-state index contributed by atoms with van der Waals surface area (Å²) in [7, 11) is 1.76. The van der Waals surface area contributed by atoms with Crippen molar-refractivity contribution >= 4 is 17.5 Å². The lowest BCUT2D eigenvalue weighted by Gasteiger charge is -2.08. The highest BCUT2D eigenvalue weighted by Gasteiger charge is 2.07. The number of nitrogens with one attached hydrogen (secondary N) is 2. The smallest absolute Gasteiger partial charge is 0.411 e. The van der Waals surface area contributed by atoms with E-state index >= 15 is 0 Å². The summed E-state index contributed by atoms with van der Waals surface area (Å²) < 4.78 is 4.73. The number of amides is 1. The molecule has 0 aliphatic heterocycles. The highest BCUT2D eigenvalue weighted by Crippen LogP contribution is 2.19. The molecule has 0 aliphatic rings. The molecule has 16 heavy (non-hydrogen) atoms. The van der Waals surface area contributed by atoms with Crippen LogP contribution in [0.5, 0.6) is 0 Å². The highest BCUT2D eigenvalue weighted by molar-refractivity contribution is 5.87. The van der Waals surface area contributed by atoms with Gasteiger partial charge in [-0.2, -0.15) is 5.26 Å². The first-order valence-corrected chi connectivity index (χ1v) is 4.87. The number of nitrogens with zero attached hydrogens (tertiary/aromatic N) is 1. The molecule has 84 valence electrons. The van der Waals surface area contributed by atoms with Gasteiger partial charge >= 0.3 is 6.09 Å². The molecule has 0 unspecified atom stereocenters. The van der Waals surface area contributed by atoms with E-state index in [1.54, 1.807) is 32.2 Å². The van der Waals surface area contributed by atoms with E-state index in [0.29, 0.717) is 17.9 Å². The zero-order chi connectivity index (χ0) is 12.0. The van der Waals surface area contributed by atoms with E-state index in [4.69, 9.17) is 10.00 Å². The molecular weight excluding hydrogens is 206 g/mol. The van der Waals surface area contributed by atoms with Crippen LogP contribution in [0.15, 0.2) is 18.2 Å². The van der Waals surface area contributed by atoms with Crippen molar-refractivity contribution in [3.63, 3.8) is 0 Å². The molecule has 0 bridgehead atoms. The fraction of sp³-hybridized carbons (Fsp3) is 0.273. The van der Waals surface area contributed by atoms with Gasteiger partial charge in [-0.25, -0.2) is 4.79 Å². The van der Waals surface area contributed by atoms with Crippen LogP contribution in [0.2, 0.25) is 0 Å². The SMILES string of the molecule is CCOC(=O)Nc1ccc(NC)cc1C#N. The van der Waals surface area contributed by atoms with Crippen molar-refractivity contribution < 1.29 is 9.53 Å². The second kappa shape index (κ2) is 5.61. The molecule has 0 saturated heterocycles. The molecule has 5 nitrogen and oxygen atoms in total. The van der Waals surface area contributed by atoms with Crippen molar-refractivity contribution in [1.29, 1.82) is 5.26 Å². The Balaban J connectivity index is 2.88. The van der Waals surface area contributed by atoms with Gasteiger partial charge in [-0.3, -0.25) is 5.32 Å². The maximum Gasteiger partial charge on any atom is 0.411 e. The molecule has 0 aromatic heterocycles. The summed E-state index contributed by atoms with van der Waals surface area (Å²) in [4.78, 5) is 11.2. The predicted molar refractivity (Wildman–Crippen MR) is 61.3 cm³/mol. The molecule has 5 heteroatoms. The number of ether oxygens (including phenoxy) is 1. The summed E-state index contributed by atoms with van der Waals surface area (Å²) >= 11 is 0. The summed E-state index contributed by atoms with van der Waals surface area (Å²) in [5.41, 5.74) is 1.64. The molecule has 1 aromatic rings. The molecule has 0 radical (unpaired) electrons. The summed E-state index contributed by atoms with van der Waals surface area (Å²) in [6, 6.07) is 7.08. The molecule has 0 atom stereocenters. The summed E-state index contributed by atoms with van der Waals surface area (Å²) in [6.07, 6.45) is -0.559. The summed E-state index contributed by atoms with van der Waals surface area (Å²) in [6.45, 7) is 2.01. The van der Waals surface area contributed by atoms with Crippen LogP contribution < -0.4 is 10.6 Å². The van der Waals surface area contributed by atoms with Crippen molar-refractivity contribution in [2.45, 2.75) is 6.92 Å². The Labute approximate surface area is 94.0 Å². The Morgan fingerprint density at radius 2 is 2.31 bits per heavy atom. The number of benzene rings is 1.